The largest absolute Gasteiger partial charge is 0.369 e. The quantitative estimate of drug-likeness (QED) is 0.648. The molecule has 1 aromatic carbocycles. The molecule has 2 saturated heterocycles. The Hall–Kier alpha value is -2.42. The molecule has 0 aliphatic carbocycles. The van der Waals surface area contributed by atoms with Crippen LogP contribution in [0.1, 0.15) is 0 Å². The number of ether oxygens (including phenoxy) is 1. The highest BCUT2D eigenvalue weighted by atomic mass is 35.5. The van der Waals surface area contributed by atoms with Gasteiger partial charge < -0.3 is 20.3 Å². The first-order chi connectivity index (χ1) is 12.7. The summed E-state index contributed by atoms with van der Waals surface area (Å²) in [5, 5.41) is 15.2. The van der Waals surface area contributed by atoms with Crippen molar-refractivity contribution in [1.82, 2.24) is 25.5 Å². The first-order valence-corrected chi connectivity index (χ1v) is 8.96. The Labute approximate surface area is 154 Å². The summed E-state index contributed by atoms with van der Waals surface area (Å²) in [4.78, 5) is 11.3. The van der Waals surface area contributed by atoms with Gasteiger partial charge in [-0.2, -0.15) is 10.1 Å². The molecule has 0 radical (unpaired) electrons. The highest BCUT2D eigenvalue weighted by molar-refractivity contribution is 6.32. The van der Waals surface area contributed by atoms with E-state index in [1.807, 2.05) is 18.2 Å². The van der Waals surface area contributed by atoms with E-state index in [0.717, 1.165) is 42.8 Å². The molecule has 4 heterocycles. The van der Waals surface area contributed by atoms with Gasteiger partial charge in [-0.05, 0) is 18.2 Å². The number of aromatic nitrogens is 4. The van der Waals surface area contributed by atoms with E-state index in [-0.39, 0.29) is 12.2 Å². The lowest BCUT2D eigenvalue weighted by atomic mass is 10.1. The van der Waals surface area contributed by atoms with E-state index in [9.17, 15) is 0 Å². The van der Waals surface area contributed by atoms with Crippen molar-refractivity contribution in [1.29, 1.82) is 0 Å². The van der Waals surface area contributed by atoms with Crippen LogP contribution in [0.3, 0.4) is 0 Å². The number of hydrogen-bond acceptors (Lipinski definition) is 7. The van der Waals surface area contributed by atoms with Crippen LogP contribution in [0.2, 0.25) is 5.02 Å². The molecule has 0 saturated carbocycles. The highest BCUT2D eigenvalue weighted by Crippen LogP contribution is 2.27. The van der Waals surface area contributed by atoms with Gasteiger partial charge in [0, 0.05) is 37.3 Å². The molecule has 0 amide bonds. The molecule has 26 heavy (non-hydrogen) atoms. The predicted octanol–water partition coefficient (Wildman–Crippen LogP) is 1.93. The minimum Gasteiger partial charge on any atom is -0.369 e. The monoisotopic (exact) mass is 371 g/mol. The molecule has 5 rings (SSSR count). The van der Waals surface area contributed by atoms with Crippen molar-refractivity contribution >= 4 is 40.0 Å². The van der Waals surface area contributed by atoms with Crippen LogP contribution in [-0.4, -0.2) is 58.6 Å². The molecule has 2 aromatic heterocycles. The number of morpholine rings is 2. The third-order valence-electron chi connectivity index (χ3n) is 4.69. The number of H-pyrrole nitrogens is 1. The van der Waals surface area contributed by atoms with Gasteiger partial charge >= 0.3 is 0 Å². The fourth-order valence-electron chi connectivity index (χ4n) is 3.47. The van der Waals surface area contributed by atoms with Gasteiger partial charge in [-0.1, -0.05) is 11.6 Å². The fraction of sp³-hybridized carbons (Fsp3) is 0.353. The second-order valence-corrected chi connectivity index (χ2v) is 7.01. The van der Waals surface area contributed by atoms with Crippen molar-refractivity contribution in [2.24, 2.45) is 0 Å². The Morgan fingerprint density at radius 3 is 2.88 bits per heavy atom. The molecule has 8 nitrogen and oxygen atoms in total. The summed E-state index contributed by atoms with van der Waals surface area (Å²) >= 11 is 6.32. The topological polar surface area (TPSA) is 91.0 Å². The number of aromatic amines is 1. The maximum Gasteiger partial charge on any atom is 0.227 e. The van der Waals surface area contributed by atoms with E-state index in [1.165, 1.54) is 0 Å². The average Bonchev–Trinajstić information content (AvgIpc) is 3.11. The number of halogens is 1. The Morgan fingerprint density at radius 1 is 1.19 bits per heavy atom. The van der Waals surface area contributed by atoms with Gasteiger partial charge in [0.05, 0.1) is 30.1 Å². The van der Waals surface area contributed by atoms with Crippen molar-refractivity contribution < 1.29 is 4.74 Å². The second-order valence-electron chi connectivity index (χ2n) is 6.61. The van der Waals surface area contributed by atoms with Gasteiger partial charge in [0.25, 0.3) is 0 Å². The third-order valence-corrected chi connectivity index (χ3v) is 4.97. The Bertz CT molecular complexity index is 934. The molecular formula is C17H18ClN7O. The second kappa shape index (κ2) is 6.39. The molecule has 2 unspecified atom stereocenters. The van der Waals surface area contributed by atoms with Crippen LogP contribution in [0.15, 0.2) is 30.6 Å². The van der Waals surface area contributed by atoms with Crippen LogP contribution >= 0.6 is 11.6 Å². The summed E-state index contributed by atoms with van der Waals surface area (Å²) in [6.07, 6.45) is 3.77. The zero-order chi connectivity index (χ0) is 17.5. The van der Waals surface area contributed by atoms with Crippen LogP contribution in [0.5, 0.6) is 0 Å². The third kappa shape index (κ3) is 2.96. The van der Waals surface area contributed by atoms with Crippen molar-refractivity contribution in [2.45, 2.75) is 12.2 Å². The zero-order valence-corrected chi connectivity index (χ0v) is 14.7. The Balaban J connectivity index is 1.41. The summed E-state index contributed by atoms with van der Waals surface area (Å²) < 4.78 is 5.95. The zero-order valence-electron chi connectivity index (χ0n) is 13.9. The van der Waals surface area contributed by atoms with Crippen LogP contribution in [0.25, 0.3) is 10.9 Å². The SMILES string of the molecule is Clc1cnc(N2CC3CNCC(C2)O3)nc1Nc1ccc2[nH]ncc2c1. The van der Waals surface area contributed by atoms with Crippen molar-refractivity contribution in [3.8, 4) is 0 Å². The summed E-state index contributed by atoms with van der Waals surface area (Å²) in [6.45, 7) is 3.25. The lowest BCUT2D eigenvalue weighted by Crippen LogP contribution is -2.58. The van der Waals surface area contributed by atoms with Gasteiger partial charge in [-0.25, -0.2) is 4.98 Å². The molecule has 2 atom stereocenters. The first kappa shape index (κ1) is 15.8. The van der Waals surface area contributed by atoms with Gasteiger partial charge in [0.15, 0.2) is 5.82 Å². The number of nitrogens with zero attached hydrogens (tertiary/aromatic N) is 4. The fourth-order valence-corrected chi connectivity index (χ4v) is 3.61. The smallest absolute Gasteiger partial charge is 0.227 e. The number of fused-ring (bicyclic) bond motifs is 3. The molecule has 9 heteroatoms. The molecule has 3 N–H and O–H groups in total. The summed E-state index contributed by atoms with van der Waals surface area (Å²) in [5.41, 5.74) is 1.88. The van der Waals surface area contributed by atoms with E-state index < -0.39 is 0 Å². The van der Waals surface area contributed by atoms with E-state index in [1.54, 1.807) is 12.4 Å². The minimum absolute atomic E-state index is 0.168. The molecule has 3 aromatic rings. The molecule has 2 aliphatic heterocycles. The van der Waals surface area contributed by atoms with Crippen molar-refractivity contribution in [3.63, 3.8) is 0 Å². The molecule has 2 fully saturated rings. The first-order valence-electron chi connectivity index (χ1n) is 8.58. The van der Waals surface area contributed by atoms with E-state index in [4.69, 9.17) is 16.3 Å². The average molecular weight is 372 g/mol. The Kier molecular flexibility index (Phi) is 3.88. The number of hydrogen-bond donors (Lipinski definition) is 3. The molecule has 0 spiro atoms. The van der Waals surface area contributed by atoms with Gasteiger partial charge in [-0.15, -0.1) is 0 Å². The lowest BCUT2D eigenvalue weighted by molar-refractivity contribution is -0.0488. The number of nitrogens with one attached hydrogen (secondary N) is 3. The van der Waals surface area contributed by atoms with E-state index in [0.29, 0.717) is 16.8 Å². The maximum atomic E-state index is 6.32. The minimum atomic E-state index is 0.168. The normalized spacial score (nSPS) is 22.6. The lowest BCUT2D eigenvalue weighted by Gasteiger charge is -2.41. The molecule has 2 aliphatic rings. The van der Waals surface area contributed by atoms with Crippen LogP contribution in [-0.2, 0) is 4.74 Å². The summed E-state index contributed by atoms with van der Waals surface area (Å²) in [6, 6.07) is 5.93. The number of rotatable bonds is 3. The standard InChI is InChI=1S/C17H18ClN7O/c18-14-7-20-17(25-8-12-5-19-6-13(9-25)26-12)23-16(14)22-11-1-2-15-10(3-11)4-21-24-15/h1-4,7,12-13,19H,5-6,8-9H2,(H,21,24)(H,20,22,23). The van der Waals surface area contributed by atoms with Crippen LogP contribution < -0.4 is 15.5 Å². The molecular weight excluding hydrogens is 354 g/mol. The van der Waals surface area contributed by atoms with Crippen LogP contribution in [0, 0.1) is 0 Å². The predicted molar refractivity (Wildman–Crippen MR) is 100 cm³/mol. The van der Waals surface area contributed by atoms with Gasteiger partial charge in [-0.3, -0.25) is 5.10 Å². The van der Waals surface area contributed by atoms with Crippen molar-refractivity contribution in [3.05, 3.63) is 35.6 Å². The number of anilines is 3. The van der Waals surface area contributed by atoms with E-state index >= 15 is 0 Å². The maximum absolute atomic E-state index is 6.32. The van der Waals surface area contributed by atoms with Gasteiger partial charge in [0.1, 0.15) is 5.02 Å². The molecule has 134 valence electrons. The van der Waals surface area contributed by atoms with E-state index in [2.05, 4.69) is 35.7 Å². The number of benzene rings is 1. The molecule has 2 bridgehead atoms. The van der Waals surface area contributed by atoms with Crippen molar-refractivity contribution in [2.75, 3.05) is 36.4 Å². The summed E-state index contributed by atoms with van der Waals surface area (Å²) in [7, 11) is 0. The summed E-state index contributed by atoms with van der Waals surface area (Å²) in [5.74, 6) is 1.26. The van der Waals surface area contributed by atoms with Gasteiger partial charge in [0.2, 0.25) is 5.95 Å². The Morgan fingerprint density at radius 2 is 2.04 bits per heavy atom. The highest BCUT2D eigenvalue weighted by Gasteiger charge is 2.32. The van der Waals surface area contributed by atoms with Crippen LogP contribution in [0.4, 0.5) is 17.5 Å².